The molecule has 7 heteroatoms. The number of aryl methyl sites for hydroxylation is 1. The van der Waals surface area contributed by atoms with Gasteiger partial charge >= 0.3 is 0 Å². The number of carbonyl (C=O) groups excluding carboxylic acids is 1. The molecule has 4 rings (SSSR count). The maximum absolute atomic E-state index is 12.8. The van der Waals surface area contributed by atoms with Crippen molar-refractivity contribution in [1.82, 2.24) is 19.8 Å². The van der Waals surface area contributed by atoms with E-state index in [-0.39, 0.29) is 12.0 Å². The van der Waals surface area contributed by atoms with E-state index in [1.54, 1.807) is 13.1 Å². The van der Waals surface area contributed by atoms with Crippen LogP contribution in [0.1, 0.15) is 22.8 Å². The number of aliphatic hydroxyl groups excluding tert-OH is 1. The molecule has 0 spiro atoms. The summed E-state index contributed by atoms with van der Waals surface area (Å²) in [6.07, 6.45) is 1.39. The quantitative estimate of drug-likeness (QED) is 0.623. The summed E-state index contributed by atoms with van der Waals surface area (Å²) in [5, 5.41) is 12.8. The predicted molar refractivity (Wildman–Crippen MR) is 126 cm³/mol. The van der Waals surface area contributed by atoms with E-state index in [0.717, 1.165) is 30.0 Å². The fraction of sp³-hybridized carbons (Fsp3) is 0.320. The number of hydrogen-bond donors (Lipinski definition) is 2. The van der Waals surface area contributed by atoms with Crippen LogP contribution in [0.2, 0.25) is 0 Å². The van der Waals surface area contributed by atoms with Gasteiger partial charge < -0.3 is 15.3 Å². The number of piperazine rings is 1. The molecule has 0 bridgehead atoms. The van der Waals surface area contributed by atoms with Crippen molar-refractivity contribution < 1.29 is 9.90 Å². The Hall–Kier alpha value is -3.29. The van der Waals surface area contributed by atoms with Crippen molar-refractivity contribution in [1.29, 1.82) is 0 Å². The number of benzene rings is 2. The van der Waals surface area contributed by atoms with Crippen LogP contribution in [0.5, 0.6) is 0 Å². The summed E-state index contributed by atoms with van der Waals surface area (Å²) in [6.45, 7) is 7.40. The van der Waals surface area contributed by atoms with Crippen molar-refractivity contribution >= 4 is 17.5 Å². The highest BCUT2D eigenvalue weighted by atomic mass is 16.3. The fourth-order valence-corrected chi connectivity index (χ4v) is 3.82. The van der Waals surface area contributed by atoms with Crippen molar-refractivity contribution in [3.63, 3.8) is 0 Å². The van der Waals surface area contributed by atoms with Gasteiger partial charge in [-0.25, -0.2) is 9.97 Å². The van der Waals surface area contributed by atoms with Gasteiger partial charge in [0.25, 0.3) is 5.91 Å². The molecule has 1 fully saturated rings. The minimum absolute atomic E-state index is 0.0332. The van der Waals surface area contributed by atoms with Gasteiger partial charge in [0.1, 0.15) is 0 Å². The van der Waals surface area contributed by atoms with E-state index in [4.69, 9.17) is 0 Å². The topological polar surface area (TPSA) is 81.6 Å². The molecular weight excluding hydrogens is 402 g/mol. The van der Waals surface area contributed by atoms with Gasteiger partial charge in [0.05, 0.1) is 11.8 Å². The lowest BCUT2D eigenvalue weighted by atomic mass is 10.1. The van der Waals surface area contributed by atoms with Crippen LogP contribution in [-0.4, -0.2) is 69.6 Å². The van der Waals surface area contributed by atoms with Gasteiger partial charge in [0.15, 0.2) is 0 Å². The zero-order valence-corrected chi connectivity index (χ0v) is 18.5. The first kappa shape index (κ1) is 21.9. The molecule has 0 unspecified atom stereocenters. The lowest BCUT2D eigenvalue weighted by molar-refractivity contribution is 0.0554. The van der Waals surface area contributed by atoms with Crippen LogP contribution in [0.25, 0.3) is 11.3 Å². The highest BCUT2D eigenvalue weighted by Crippen LogP contribution is 2.20. The van der Waals surface area contributed by atoms with Crippen LogP contribution in [0.3, 0.4) is 0 Å². The van der Waals surface area contributed by atoms with E-state index in [2.05, 4.69) is 39.2 Å². The Morgan fingerprint density at radius 1 is 1.03 bits per heavy atom. The van der Waals surface area contributed by atoms with Gasteiger partial charge in [-0.05, 0) is 44.2 Å². The Kier molecular flexibility index (Phi) is 6.78. The number of anilines is 2. The van der Waals surface area contributed by atoms with E-state index in [0.29, 0.717) is 31.1 Å². The van der Waals surface area contributed by atoms with Crippen molar-refractivity contribution in [3.05, 3.63) is 71.9 Å². The monoisotopic (exact) mass is 431 g/mol. The van der Waals surface area contributed by atoms with Gasteiger partial charge in [-0.2, -0.15) is 0 Å². The van der Waals surface area contributed by atoms with Crippen LogP contribution < -0.4 is 5.32 Å². The highest BCUT2D eigenvalue weighted by Gasteiger charge is 2.22. The molecule has 1 atom stereocenters. The zero-order chi connectivity index (χ0) is 22.5. The SMILES string of the molecule is Cc1ccc(-c2ccnc(Nc3ccc(C(=O)N4CCN(C[C@H](C)O)CC4)cc3)n2)cc1. The first-order chi connectivity index (χ1) is 15.5. The average molecular weight is 432 g/mol. The van der Waals surface area contributed by atoms with Crippen molar-refractivity contribution in [3.8, 4) is 11.3 Å². The van der Waals surface area contributed by atoms with Crippen LogP contribution in [0.15, 0.2) is 60.8 Å². The van der Waals surface area contributed by atoms with E-state index < -0.39 is 0 Å². The lowest BCUT2D eigenvalue weighted by Crippen LogP contribution is -2.50. The summed E-state index contributed by atoms with van der Waals surface area (Å²) in [4.78, 5) is 25.8. The minimum Gasteiger partial charge on any atom is -0.392 e. The number of aromatic nitrogens is 2. The number of nitrogens with zero attached hydrogens (tertiary/aromatic N) is 4. The normalized spacial score (nSPS) is 15.4. The summed E-state index contributed by atoms with van der Waals surface area (Å²) < 4.78 is 0. The molecule has 3 aromatic rings. The largest absolute Gasteiger partial charge is 0.392 e. The molecule has 1 aliphatic heterocycles. The van der Waals surface area contributed by atoms with Crippen LogP contribution in [0, 0.1) is 6.92 Å². The molecule has 0 aliphatic carbocycles. The van der Waals surface area contributed by atoms with Gasteiger partial charge in [-0.1, -0.05) is 29.8 Å². The van der Waals surface area contributed by atoms with E-state index >= 15 is 0 Å². The molecule has 1 aliphatic rings. The zero-order valence-electron chi connectivity index (χ0n) is 18.5. The van der Waals surface area contributed by atoms with Crippen molar-refractivity contribution in [2.45, 2.75) is 20.0 Å². The van der Waals surface area contributed by atoms with Crippen LogP contribution in [-0.2, 0) is 0 Å². The Morgan fingerprint density at radius 3 is 2.38 bits per heavy atom. The Bertz CT molecular complexity index is 1040. The fourth-order valence-electron chi connectivity index (χ4n) is 3.82. The number of aliphatic hydroxyl groups is 1. The summed E-state index contributed by atoms with van der Waals surface area (Å²) in [6, 6.07) is 17.5. The molecule has 1 saturated heterocycles. The minimum atomic E-state index is -0.348. The number of carbonyl (C=O) groups is 1. The molecule has 166 valence electrons. The molecule has 2 N–H and O–H groups in total. The Labute approximate surface area is 188 Å². The first-order valence-electron chi connectivity index (χ1n) is 10.9. The molecule has 1 amide bonds. The third-order valence-electron chi connectivity index (χ3n) is 5.57. The number of nitrogens with one attached hydrogen (secondary N) is 1. The smallest absolute Gasteiger partial charge is 0.253 e. The third-order valence-corrected chi connectivity index (χ3v) is 5.57. The van der Waals surface area contributed by atoms with Gasteiger partial charge in [-0.15, -0.1) is 0 Å². The number of β-amino-alcohol motifs (C(OH)–C–C–N with tert-alkyl or cyclic N) is 1. The number of amides is 1. The Balaban J connectivity index is 1.37. The Morgan fingerprint density at radius 2 is 1.72 bits per heavy atom. The summed E-state index contributed by atoms with van der Waals surface area (Å²) >= 11 is 0. The highest BCUT2D eigenvalue weighted by molar-refractivity contribution is 5.94. The molecule has 1 aromatic heterocycles. The van der Waals surface area contributed by atoms with Gasteiger partial charge in [-0.3, -0.25) is 9.69 Å². The van der Waals surface area contributed by atoms with Crippen molar-refractivity contribution in [2.24, 2.45) is 0 Å². The summed E-state index contributed by atoms with van der Waals surface area (Å²) in [5.74, 6) is 0.544. The summed E-state index contributed by atoms with van der Waals surface area (Å²) in [7, 11) is 0. The summed E-state index contributed by atoms with van der Waals surface area (Å²) in [5.41, 5.74) is 4.58. The second kappa shape index (κ2) is 9.89. The molecule has 2 heterocycles. The molecule has 2 aromatic carbocycles. The van der Waals surface area contributed by atoms with Gasteiger partial charge in [0, 0.05) is 55.7 Å². The molecule has 32 heavy (non-hydrogen) atoms. The number of rotatable bonds is 6. The maximum Gasteiger partial charge on any atom is 0.253 e. The second-order valence-corrected chi connectivity index (χ2v) is 8.28. The van der Waals surface area contributed by atoms with E-state index in [1.165, 1.54) is 5.56 Å². The van der Waals surface area contributed by atoms with E-state index in [1.807, 2.05) is 47.4 Å². The lowest BCUT2D eigenvalue weighted by Gasteiger charge is -2.35. The second-order valence-electron chi connectivity index (χ2n) is 8.28. The van der Waals surface area contributed by atoms with E-state index in [9.17, 15) is 9.90 Å². The third kappa shape index (κ3) is 5.49. The van der Waals surface area contributed by atoms with Gasteiger partial charge in [0.2, 0.25) is 5.95 Å². The van der Waals surface area contributed by atoms with Crippen LogP contribution in [0.4, 0.5) is 11.6 Å². The molecular formula is C25H29N5O2. The average Bonchev–Trinajstić information content (AvgIpc) is 2.80. The first-order valence-corrected chi connectivity index (χ1v) is 10.9. The predicted octanol–water partition coefficient (Wildman–Crippen LogP) is 3.33. The molecule has 0 saturated carbocycles. The standard InChI is InChI=1S/C25H29N5O2/c1-18-3-5-20(6-4-18)23-11-12-26-25(28-23)27-22-9-7-21(8-10-22)24(32)30-15-13-29(14-16-30)17-19(2)31/h3-12,19,31H,13-17H2,1-2H3,(H,26,27,28)/t19-/m0/s1. The molecule has 7 nitrogen and oxygen atoms in total. The maximum atomic E-state index is 12.8. The molecule has 0 radical (unpaired) electrons. The number of hydrogen-bond acceptors (Lipinski definition) is 6. The van der Waals surface area contributed by atoms with Crippen LogP contribution >= 0.6 is 0 Å². The van der Waals surface area contributed by atoms with Crippen molar-refractivity contribution in [2.75, 3.05) is 38.0 Å².